The molecule has 0 aliphatic heterocycles. The van der Waals surface area contributed by atoms with Gasteiger partial charge in [-0.3, -0.25) is 4.79 Å². The Balaban J connectivity index is 2.61. The van der Waals surface area contributed by atoms with Gasteiger partial charge in [0.05, 0.1) is 5.92 Å². The van der Waals surface area contributed by atoms with Crippen molar-refractivity contribution in [1.29, 1.82) is 0 Å². The molecular weight excluding hydrogens is 245 g/mol. The van der Waals surface area contributed by atoms with Gasteiger partial charge in [-0.2, -0.15) is 0 Å². The summed E-state index contributed by atoms with van der Waals surface area (Å²) in [6.07, 6.45) is 0.586. The third-order valence-electron chi connectivity index (χ3n) is 3.40. The summed E-state index contributed by atoms with van der Waals surface area (Å²) in [5.41, 5.74) is 0.271. The SMILES string of the molecule is CCC(CNCC(C)(C)c1ccccc1F)C(=O)O. The van der Waals surface area contributed by atoms with E-state index in [-0.39, 0.29) is 11.2 Å². The molecule has 1 aromatic carbocycles. The minimum Gasteiger partial charge on any atom is -0.481 e. The number of nitrogens with one attached hydrogen (secondary N) is 1. The molecule has 0 saturated heterocycles. The molecule has 1 atom stereocenters. The van der Waals surface area contributed by atoms with E-state index in [0.717, 1.165) is 0 Å². The third kappa shape index (κ3) is 4.31. The summed E-state index contributed by atoms with van der Waals surface area (Å²) >= 11 is 0. The van der Waals surface area contributed by atoms with Gasteiger partial charge in [0.15, 0.2) is 0 Å². The summed E-state index contributed by atoms with van der Waals surface area (Å²) in [4.78, 5) is 10.9. The molecule has 0 aliphatic carbocycles. The number of carboxylic acid groups (broad SMARTS) is 1. The van der Waals surface area contributed by atoms with Crippen LogP contribution in [-0.4, -0.2) is 24.2 Å². The fraction of sp³-hybridized carbons (Fsp3) is 0.533. The number of benzene rings is 1. The van der Waals surface area contributed by atoms with Gasteiger partial charge in [-0.15, -0.1) is 0 Å². The fourth-order valence-corrected chi connectivity index (χ4v) is 2.07. The molecule has 0 amide bonds. The maximum atomic E-state index is 13.7. The molecule has 1 aromatic rings. The van der Waals surface area contributed by atoms with Crippen molar-refractivity contribution in [2.24, 2.45) is 5.92 Å². The van der Waals surface area contributed by atoms with Gasteiger partial charge < -0.3 is 10.4 Å². The third-order valence-corrected chi connectivity index (χ3v) is 3.40. The van der Waals surface area contributed by atoms with Crippen LogP contribution in [0, 0.1) is 11.7 Å². The Hall–Kier alpha value is -1.42. The average Bonchev–Trinajstić information content (AvgIpc) is 2.34. The summed E-state index contributed by atoms with van der Waals surface area (Å²) in [7, 11) is 0. The number of hydrogen-bond acceptors (Lipinski definition) is 2. The molecule has 106 valence electrons. The van der Waals surface area contributed by atoms with E-state index in [2.05, 4.69) is 5.32 Å². The second-order valence-corrected chi connectivity index (χ2v) is 5.44. The van der Waals surface area contributed by atoms with Crippen LogP contribution >= 0.6 is 0 Å². The first-order valence-corrected chi connectivity index (χ1v) is 6.57. The maximum absolute atomic E-state index is 13.7. The molecule has 4 heteroatoms. The van der Waals surface area contributed by atoms with Gasteiger partial charge in [0.1, 0.15) is 5.82 Å². The van der Waals surface area contributed by atoms with Crippen LogP contribution in [0.5, 0.6) is 0 Å². The first kappa shape index (κ1) is 15.6. The molecule has 0 fully saturated rings. The zero-order chi connectivity index (χ0) is 14.5. The number of carboxylic acids is 1. The van der Waals surface area contributed by atoms with Crippen LogP contribution in [0.4, 0.5) is 4.39 Å². The summed E-state index contributed by atoms with van der Waals surface area (Å²) in [6.45, 7) is 6.68. The average molecular weight is 267 g/mol. The lowest BCUT2D eigenvalue weighted by atomic mass is 9.84. The van der Waals surface area contributed by atoms with Crippen molar-refractivity contribution in [3.8, 4) is 0 Å². The summed E-state index contributed by atoms with van der Waals surface area (Å²) < 4.78 is 13.7. The van der Waals surface area contributed by atoms with Crippen LogP contribution in [0.2, 0.25) is 0 Å². The highest BCUT2D eigenvalue weighted by molar-refractivity contribution is 5.70. The summed E-state index contributed by atoms with van der Waals surface area (Å²) in [5.74, 6) is -1.41. The summed E-state index contributed by atoms with van der Waals surface area (Å²) in [5, 5.41) is 12.1. The van der Waals surface area contributed by atoms with Crippen LogP contribution in [0.1, 0.15) is 32.8 Å². The molecule has 1 rings (SSSR count). The Kier molecular flexibility index (Phi) is 5.48. The predicted octanol–water partition coefficient (Wildman–Crippen LogP) is 2.80. The first-order valence-electron chi connectivity index (χ1n) is 6.57. The van der Waals surface area contributed by atoms with E-state index in [9.17, 15) is 9.18 Å². The lowest BCUT2D eigenvalue weighted by Crippen LogP contribution is -2.37. The van der Waals surface area contributed by atoms with E-state index in [4.69, 9.17) is 5.11 Å². The molecule has 0 heterocycles. The van der Waals surface area contributed by atoms with Crippen molar-refractivity contribution in [2.45, 2.75) is 32.6 Å². The Bertz CT molecular complexity index is 432. The molecule has 0 aliphatic rings. The van der Waals surface area contributed by atoms with E-state index in [1.165, 1.54) is 6.07 Å². The minimum atomic E-state index is -0.793. The second-order valence-electron chi connectivity index (χ2n) is 5.44. The van der Waals surface area contributed by atoms with Gasteiger partial charge in [0, 0.05) is 18.5 Å². The highest BCUT2D eigenvalue weighted by Gasteiger charge is 2.24. The molecule has 19 heavy (non-hydrogen) atoms. The lowest BCUT2D eigenvalue weighted by molar-refractivity contribution is -0.141. The van der Waals surface area contributed by atoms with Gasteiger partial charge in [-0.1, -0.05) is 39.0 Å². The Morgan fingerprint density at radius 1 is 1.42 bits per heavy atom. The van der Waals surface area contributed by atoms with Gasteiger partial charge in [0.25, 0.3) is 0 Å². The molecule has 2 N–H and O–H groups in total. The van der Waals surface area contributed by atoms with Crippen molar-refractivity contribution in [2.75, 3.05) is 13.1 Å². The topological polar surface area (TPSA) is 49.3 Å². The lowest BCUT2D eigenvalue weighted by Gasteiger charge is -2.27. The van der Waals surface area contributed by atoms with Crippen molar-refractivity contribution in [1.82, 2.24) is 5.32 Å². The van der Waals surface area contributed by atoms with Crippen molar-refractivity contribution in [3.63, 3.8) is 0 Å². The predicted molar refractivity (Wildman–Crippen MR) is 73.7 cm³/mol. The molecule has 0 saturated carbocycles. The number of rotatable bonds is 7. The van der Waals surface area contributed by atoms with E-state index >= 15 is 0 Å². The Labute approximate surface area is 113 Å². The van der Waals surface area contributed by atoms with Crippen LogP contribution in [0.3, 0.4) is 0 Å². The Morgan fingerprint density at radius 3 is 2.58 bits per heavy atom. The van der Waals surface area contributed by atoms with Crippen LogP contribution in [0.25, 0.3) is 0 Å². The number of hydrogen-bond donors (Lipinski definition) is 2. The van der Waals surface area contributed by atoms with Gasteiger partial charge >= 0.3 is 5.97 Å². The van der Waals surface area contributed by atoms with Crippen molar-refractivity contribution in [3.05, 3.63) is 35.6 Å². The number of halogens is 1. The zero-order valence-electron chi connectivity index (χ0n) is 11.7. The minimum absolute atomic E-state index is 0.223. The van der Waals surface area contributed by atoms with Crippen LogP contribution < -0.4 is 5.32 Å². The second kappa shape index (κ2) is 6.66. The van der Waals surface area contributed by atoms with Crippen molar-refractivity contribution >= 4 is 5.97 Å². The van der Waals surface area contributed by atoms with E-state index < -0.39 is 11.9 Å². The quantitative estimate of drug-likeness (QED) is 0.798. The monoisotopic (exact) mass is 267 g/mol. The molecule has 0 aromatic heterocycles. The Morgan fingerprint density at radius 2 is 2.05 bits per heavy atom. The number of carbonyl (C=O) groups is 1. The van der Waals surface area contributed by atoms with Gasteiger partial charge in [0.2, 0.25) is 0 Å². The first-order chi connectivity index (χ1) is 8.88. The van der Waals surface area contributed by atoms with Gasteiger partial charge in [-0.25, -0.2) is 4.39 Å². The van der Waals surface area contributed by atoms with E-state index in [1.807, 2.05) is 26.8 Å². The standard InChI is InChI=1S/C15H22FNO2/c1-4-11(14(18)19)9-17-10-15(2,3)12-7-5-6-8-13(12)16/h5-8,11,17H,4,9-10H2,1-3H3,(H,18,19). The fourth-order valence-electron chi connectivity index (χ4n) is 2.07. The van der Waals surface area contributed by atoms with Gasteiger partial charge in [-0.05, 0) is 18.1 Å². The van der Waals surface area contributed by atoms with E-state index in [0.29, 0.717) is 25.1 Å². The summed E-state index contributed by atoms with van der Waals surface area (Å²) in [6, 6.07) is 6.70. The normalized spacial score (nSPS) is 13.3. The highest BCUT2D eigenvalue weighted by Crippen LogP contribution is 2.24. The molecular formula is C15H22FNO2. The van der Waals surface area contributed by atoms with Crippen molar-refractivity contribution < 1.29 is 14.3 Å². The highest BCUT2D eigenvalue weighted by atomic mass is 19.1. The molecule has 3 nitrogen and oxygen atoms in total. The maximum Gasteiger partial charge on any atom is 0.307 e. The zero-order valence-corrected chi connectivity index (χ0v) is 11.7. The smallest absolute Gasteiger partial charge is 0.307 e. The van der Waals surface area contributed by atoms with E-state index in [1.54, 1.807) is 12.1 Å². The van der Waals surface area contributed by atoms with Crippen LogP contribution in [0.15, 0.2) is 24.3 Å². The largest absolute Gasteiger partial charge is 0.481 e. The molecule has 0 radical (unpaired) electrons. The molecule has 1 unspecified atom stereocenters. The molecule has 0 spiro atoms. The molecule has 0 bridgehead atoms. The number of aliphatic carboxylic acids is 1. The van der Waals surface area contributed by atoms with Crippen LogP contribution in [-0.2, 0) is 10.2 Å².